The number of aliphatic hydroxyl groups excluding tert-OH is 2. The van der Waals surface area contributed by atoms with E-state index >= 15 is 0 Å². The summed E-state index contributed by atoms with van der Waals surface area (Å²) in [5, 5.41) is 25.6. The quantitative estimate of drug-likeness (QED) is 0.258. The molecule has 14 heteroatoms. The largest absolute Gasteiger partial charge is 0.461 e. The minimum atomic E-state index is -1.67. The van der Waals surface area contributed by atoms with E-state index in [4.69, 9.17) is 14.2 Å². The summed E-state index contributed by atoms with van der Waals surface area (Å²) in [7, 11) is 0. The zero-order chi connectivity index (χ0) is 28.7. The number of aromatic nitrogens is 2. The van der Waals surface area contributed by atoms with Crippen LogP contribution in [0, 0.1) is 0 Å². The number of nitrogens with one attached hydrogen (secondary N) is 3. The molecule has 2 aromatic rings. The van der Waals surface area contributed by atoms with E-state index in [9.17, 15) is 34.2 Å². The average Bonchev–Trinajstić information content (AvgIpc) is 3.13. The number of carbonyl (C=O) groups excluding carboxylic acids is 3. The molecule has 3 rings (SSSR count). The van der Waals surface area contributed by atoms with Crippen molar-refractivity contribution < 1.29 is 38.8 Å². The number of hydrogen-bond acceptors (Lipinski definition) is 10. The lowest BCUT2D eigenvalue weighted by Gasteiger charge is -2.25. The zero-order valence-electron chi connectivity index (χ0n) is 21.7. The standard InChI is InChI=1S/C25H32N4O10/c1-25(2,3)39-24(36)26-15(9-10-17(31)37-13-14-7-5-4-6-8-14)20(34)28-21-18(32)19(33)22(38-21)29-12-11-16(30)27-23(29)35/h4-8,11-12,15,18-19,21-22,32-33H,9-10,13H2,1-3H3,(H,26,36)(H,28,34)(H,27,30,35)/t15?,18-,19?,21+,22-/m1/s1. The van der Waals surface area contributed by atoms with Crippen LogP contribution in [0.4, 0.5) is 4.79 Å². The first kappa shape index (κ1) is 29.5. The third kappa shape index (κ3) is 8.49. The average molecular weight is 549 g/mol. The van der Waals surface area contributed by atoms with Crippen molar-refractivity contribution in [3.05, 3.63) is 69.0 Å². The maximum Gasteiger partial charge on any atom is 0.408 e. The van der Waals surface area contributed by atoms with E-state index < -0.39 is 65.5 Å². The molecule has 212 valence electrons. The Bertz CT molecular complexity index is 1270. The molecule has 39 heavy (non-hydrogen) atoms. The van der Waals surface area contributed by atoms with Crippen LogP contribution in [0.15, 0.2) is 52.2 Å². The first-order chi connectivity index (χ1) is 18.3. The van der Waals surface area contributed by atoms with E-state index in [2.05, 4.69) is 10.6 Å². The molecule has 0 aliphatic carbocycles. The number of rotatable bonds is 9. The molecule has 1 aromatic heterocycles. The number of ether oxygens (including phenoxy) is 3. The summed E-state index contributed by atoms with van der Waals surface area (Å²) in [6, 6.07) is 8.68. The smallest absolute Gasteiger partial charge is 0.408 e. The van der Waals surface area contributed by atoms with Gasteiger partial charge >= 0.3 is 17.8 Å². The van der Waals surface area contributed by atoms with Crippen LogP contribution in [0.3, 0.4) is 0 Å². The van der Waals surface area contributed by atoms with Crippen LogP contribution in [0.5, 0.6) is 0 Å². The van der Waals surface area contributed by atoms with Crippen LogP contribution in [0.2, 0.25) is 0 Å². The summed E-state index contributed by atoms with van der Waals surface area (Å²) < 4.78 is 16.8. The predicted molar refractivity (Wildman–Crippen MR) is 134 cm³/mol. The molecule has 0 bridgehead atoms. The number of amides is 2. The number of esters is 1. The molecule has 5 N–H and O–H groups in total. The first-order valence-electron chi connectivity index (χ1n) is 12.2. The Labute approximate surface area is 222 Å². The summed E-state index contributed by atoms with van der Waals surface area (Å²) in [6.45, 7) is 4.92. The van der Waals surface area contributed by atoms with E-state index in [1.807, 2.05) is 11.1 Å². The molecule has 14 nitrogen and oxygen atoms in total. The molecule has 2 heterocycles. The number of hydrogen-bond donors (Lipinski definition) is 5. The van der Waals surface area contributed by atoms with E-state index in [0.29, 0.717) is 0 Å². The Morgan fingerprint density at radius 2 is 1.79 bits per heavy atom. The number of H-pyrrole nitrogens is 1. The van der Waals surface area contributed by atoms with Crippen molar-refractivity contribution in [3.63, 3.8) is 0 Å². The molecule has 1 aliphatic heterocycles. The Kier molecular flexibility index (Phi) is 9.61. The SMILES string of the molecule is CC(C)(C)OC(=O)NC(CCC(=O)OCc1ccccc1)C(=O)N[C@H]1O[C@@H](n2ccc(=O)[nH]c2=O)C(O)[C@H]1O. The van der Waals surface area contributed by atoms with Crippen LogP contribution in [-0.4, -0.2) is 67.8 Å². The molecule has 1 saturated heterocycles. The summed E-state index contributed by atoms with van der Waals surface area (Å²) in [5.41, 5.74) is -1.67. The molecular formula is C25H32N4O10. The van der Waals surface area contributed by atoms with E-state index in [0.717, 1.165) is 22.4 Å². The molecule has 0 saturated carbocycles. The Morgan fingerprint density at radius 3 is 2.44 bits per heavy atom. The van der Waals surface area contributed by atoms with Gasteiger partial charge in [-0.1, -0.05) is 30.3 Å². The number of carbonyl (C=O) groups is 3. The lowest BCUT2D eigenvalue weighted by Crippen LogP contribution is -2.53. The van der Waals surface area contributed by atoms with E-state index in [1.54, 1.807) is 45.0 Å². The maximum atomic E-state index is 13.1. The molecular weight excluding hydrogens is 516 g/mol. The van der Waals surface area contributed by atoms with Gasteiger partial charge in [0.15, 0.2) is 12.5 Å². The van der Waals surface area contributed by atoms with Gasteiger partial charge in [0, 0.05) is 18.7 Å². The highest BCUT2D eigenvalue weighted by atomic mass is 16.6. The van der Waals surface area contributed by atoms with Gasteiger partial charge in [0.1, 0.15) is 30.5 Å². The topological polar surface area (TPSA) is 198 Å². The molecule has 1 aromatic carbocycles. The van der Waals surface area contributed by atoms with Crippen molar-refractivity contribution >= 4 is 18.0 Å². The first-order valence-corrected chi connectivity index (χ1v) is 12.2. The molecule has 0 radical (unpaired) electrons. The highest BCUT2D eigenvalue weighted by Crippen LogP contribution is 2.27. The van der Waals surface area contributed by atoms with Gasteiger partial charge in [-0.2, -0.15) is 0 Å². The third-order valence-electron chi connectivity index (χ3n) is 5.54. The van der Waals surface area contributed by atoms with Crippen molar-refractivity contribution in [2.45, 2.75) is 76.5 Å². The maximum absolute atomic E-state index is 13.1. The third-order valence-corrected chi connectivity index (χ3v) is 5.54. The summed E-state index contributed by atoms with van der Waals surface area (Å²) >= 11 is 0. The van der Waals surface area contributed by atoms with Crippen molar-refractivity contribution in [2.75, 3.05) is 0 Å². The van der Waals surface area contributed by atoms with Gasteiger partial charge in [-0.15, -0.1) is 0 Å². The fraction of sp³-hybridized carbons (Fsp3) is 0.480. The summed E-state index contributed by atoms with van der Waals surface area (Å²) in [5.74, 6) is -1.48. The monoisotopic (exact) mass is 548 g/mol. The van der Waals surface area contributed by atoms with Gasteiger partial charge in [0.25, 0.3) is 5.56 Å². The van der Waals surface area contributed by atoms with Crippen LogP contribution >= 0.6 is 0 Å². The molecule has 0 spiro atoms. The normalized spacial score (nSPS) is 21.6. The fourth-order valence-corrected chi connectivity index (χ4v) is 3.67. The predicted octanol–water partition coefficient (Wildman–Crippen LogP) is -0.354. The number of nitrogens with zero attached hydrogens (tertiary/aromatic N) is 1. The van der Waals surface area contributed by atoms with Crippen molar-refractivity contribution in [1.29, 1.82) is 0 Å². The van der Waals surface area contributed by atoms with Crippen LogP contribution in [-0.2, 0) is 30.4 Å². The summed E-state index contributed by atoms with van der Waals surface area (Å²) in [4.78, 5) is 63.2. The van der Waals surface area contributed by atoms with Crippen LogP contribution in [0.25, 0.3) is 0 Å². The number of alkyl carbamates (subject to hydrolysis) is 1. The lowest BCUT2D eigenvalue weighted by atomic mass is 10.1. The minimum Gasteiger partial charge on any atom is -0.461 e. The van der Waals surface area contributed by atoms with Crippen molar-refractivity contribution in [1.82, 2.24) is 20.2 Å². The minimum absolute atomic E-state index is 0.0293. The van der Waals surface area contributed by atoms with Gasteiger partial charge in [-0.05, 0) is 32.8 Å². The van der Waals surface area contributed by atoms with Gasteiger partial charge in [0.05, 0.1) is 0 Å². The van der Waals surface area contributed by atoms with E-state index in [1.165, 1.54) is 0 Å². The second kappa shape index (κ2) is 12.7. The van der Waals surface area contributed by atoms with Crippen LogP contribution < -0.4 is 21.9 Å². The van der Waals surface area contributed by atoms with Crippen molar-refractivity contribution in [2.24, 2.45) is 0 Å². The molecule has 1 aliphatic rings. The Balaban J connectivity index is 1.66. The Hall–Kier alpha value is -4.01. The molecule has 2 amide bonds. The number of aliphatic hydroxyl groups is 2. The van der Waals surface area contributed by atoms with Gasteiger partial charge in [0.2, 0.25) is 5.91 Å². The second-order valence-electron chi connectivity index (χ2n) is 9.84. The highest BCUT2D eigenvalue weighted by Gasteiger charge is 2.45. The molecule has 5 atom stereocenters. The van der Waals surface area contributed by atoms with Gasteiger partial charge in [-0.25, -0.2) is 9.59 Å². The van der Waals surface area contributed by atoms with Gasteiger partial charge < -0.3 is 35.1 Å². The second-order valence-corrected chi connectivity index (χ2v) is 9.84. The molecule has 2 unspecified atom stereocenters. The Morgan fingerprint density at radius 1 is 1.10 bits per heavy atom. The summed E-state index contributed by atoms with van der Waals surface area (Å²) in [6.07, 6.45) is -6.53. The zero-order valence-corrected chi connectivity index (χ0v) is 21.7. The number of aromatic amines is 1. The van der Waals surface area contributed by atoms with Crippen LogP contribution in [0.1, 0.15) is 45.4 Å². The highest BCUT2D eigenvalue weighted by molar-refractivity contribution is 5.86. The van der Waals surface area contributed by atoms with E-state index in [-0.39, 0.29) is 19.4 Å². The molecule has 1 fully saturated rings. The van der Waals surface area contributed by atoms with Gasteiger partial charge in [-0.3, -0.25) is 23.9 Å². The fourth-order valence-electron chi connectivity index (χ4n) is 3.67. The number of benzene rings is 1. The lowest BCUT2D eigenvalue weighted by molar-refractivity contribution is -0.145. The van der Waals surface area contributed by atoms with Crippen molar-refractivity contribution in [3.8, 4) is 0 Å².